The Morgan fingerprint density at radius 1 is 1.15 bits per heavy atom. The van der Waals surface area contributed by atoms with E-state index < -0.39 is 5.91 Å². The van der Waals surface area contributed by atoms with Gasteiger partial charge in [-0.15, -0.1) is 0 Å². The monoisotopic (exact) mass is 364 g/mol. The lowest BCUT2D eigenvalue weighted by Crippen LogP contribution is -2.35. The van der Waals surface area contributed by atoms with Crippen molar-refractivity contribution in [2.24, 2.45) is 0 Å². The van der Waals surface area contributed by atoms with Crippen molar-refractivity contribution in [2.45, 2.75) is 33.6 Å². The molecule has 3 rings (SSSR count). The van der Waals surface area contributed by atoms with Gasteiger partial charge >= 0.3 is 0 Å². The molecule has 1 aliphatic heterocycles. The third kappa shape index (κ3) is 3.72. The maximum absolute atomic E-state index is 12.8. The highest BCUT2D eigenvalue weighted by molar-refractivity contribution is 6.31. The standard InChI is InChI=1S/C22H24N2O3/c1-5-27-20-11-15(4)16(12-18(20)14(2)3)13-19-21(25)23-24(22(19)26)17-9-7-6-8-10-17/h6-14H,5H2,1-4H3,(H,23,25). The molecule has 0 radical (unpaired) electrons. The van der Waals surface area contributed by atoms with Crippen LogP contribution in [0.25, 0.3) is 6.08 Å². The van der Waals surface area contributed by atoms with Crippen LogP contribution in [0.3, 0.4) is 0 Å². The molecule has 5 nitrogen and oxygen atoms in total. The van der Waals surface area contributed by atoms with E-state index in [1.807, 2.05) is 44.2 Å². The van der Waals surface area contributed by atoms with Crippen LogP contribution < -0.4 is 15.2 Å². The normalized spacial score (nSPS) is 15.6. The van der Waals surface area contributed by atoms with Crippen LogP contribution in [0.5, 0.6) is 5.75 Å². The third-order valence-electron chi connectivity index (χ3n) is 4.53. The van der Waals surface area contributed by atoms with Gasteiger partial charge in [-0.25, -0.2) is 5.01 Å². The zero-order valence-corrected chi connectivity index (χ0v) is 16.1. The zero-order valence-electron chi connectivity index (χ0n) is 16.1. The number of hydrogen-bond acceptors (Lipinski definition) is 3. The summed E-state index contributed by atoms with van der Waals surface area (Å²) in [6, 6.07) is 13.0. The molecule has 5 heteroatoms. The van der Waals surface area contributed by atoms with Crippen molar-refractivity contribution in [3.8, 4) is 5.75 Å². The van der Waals surface area contributed by atoms with E-state index in [9.17, 15) is 9.59 Å². The molecule has 0 bridgehead atoms. The van der Waals surface area contributed by atoms with E-state index in [-0.39, 0.29) is 17.4 Å². The van der Waals surface area contributed by atoms with Crippen molar-refractivity contribution in [3.63, 3.8) is 0 Å². The number of carbonyl (C=O) groups is 2. The predicted molar refractivity (Wildman–Crippen MR) is 106 cm³/mol. The molecule has 1 heterocycles. The van der Waals surface area contributed by atoms with Gasteiger partial charge in [0, 0.05) is 0 Å². The second kappa shape index (κ2) is 7.66. The maximum atomic E-state index is 12.8. The lowest BCUT2D eigenvalue weighted by Gasteiger charge is -2.16. The molecule has 0 atom stereocenters. The van der Waals surface area contributed by atoms with Gasteiger partial charge < -0.3 is 4.74 Å². The first-order chi connectivity index (χ1) is 12.9. The summed E-state index contributed by atoms with van der Waals surface area (Å²) in [6.45, 7) is 8.68. The predicted octanol–water partition coefficient (Wildman–Crippen LogP) is 3.98. The number of nitrogens with one attached hydrogen (secondary N) is 1. The number of carbonyl (C=O) groups excluding carboxylic acids is 2. The fourth-order valence-corrected chi connectivity index (χ4v) is 3.07. The number of hydrogen-bond donors (Lipinski definition) is 1. The Hall–Kier alpha value is -3.08. The van der Waals surface area contributed by atoms with Gasteiger partial charge in [0.1, 0.15) is 11.3 Å². The van der Waals surface area contributed by atoms with Gasteiger partial charge in [-0.3, -0.25) is 15.0 Å². The van der Waals surface area contributed by atoms with Crippen molar-refractivity contribution < 1.29 is 14.3 Å². The average molecular weight is 364 g/mol. The smallest absolute Gasteiger partial charge is 0.282 e. The van der Waals surface area contributed by atoms with Crippen molar-refractivity contribution in [1.29, 1.82) is 0 Å². The summed E-state index contributed by atoms with van der Waals surface area (Å²) in [7, 11) is 0. The number of ether oxygens (including phenoxy) is 1. The molecular weight excluding hydrogens is 340 g/mol. The van der Waals surface area contributed by atoms with Crippen LogP contribution in [0.15, 0.2) is 48.0 Å². The van der Waals surface area contributed by atoms with Gasteiger partial charge in [0.25, 0.3) is 11.8 Å². The zero-order chi connectivity index (χ0) is 19.6. The summed E-state index contributed by atoms with van der Waals surface area (Å²) in [6.07, 6.45) is 1.66. The summed E-state index contributed by atoms with van der Waals surface area (Å²) >= 11 is 0. The molecule has 27 heavy (non-hydrogen) atoms. The second-order valence-corrected chi connectivity index (χ2v) is 6.81. The van der Waals surface area contributed by atoms with E-state index >= 15 is 0 Å². The first-order valence-corrected chi connectivity index (χ1v) is 9.12. The highest BCUT2D eigenvalue weighted by atomic mass is 16.5. The first-order valence-electron chi connectivity index (χ1n) is 9.12. The van der Waals surface area contributed by atoms with Gasteiger partial charge in [-0.1, -0.05) is 32.0 Å². The van der Waals surface area contributed by atoms with Crippen molar-refractivity contribution >= 4 is 23.6 Å². The van der Waals surface area contributed by atoms with Crippen molar-refractivity contribution in [1.82, 2.24) is 5.43 Å². The highest BCUT2D eigenvalue weighted by Crippen LogP contribution is 2.31. The van der Waals surface area contributed by atoms with Crippen LogP contribution in [0.4, 0.5) is 5.69 Å². The van der Waals surface area contributed by atoms with Gasteiger partial charge in [-0.05, 0) is 66.8 Å². The van der Waals surface area contributed by atoms with Crippen LogP contribution in [0.1, 0.15) is 43.4 Å². The van der Waals surface area contributed by atoms with Gasteiger partial charge in [0.2, 0.25) is 0 Å². The number of rotatable bonds is 5. The SMILES string of the molecule is CCOc1cc(C)c(C=C2C(=O)NN(c3ccccc3)C2=O)cc1C(C)C. The minimum Gasteiger partial charge on any atom is -0.494 e. The van der Waals surface area contributed by atoms with Crippen molar-refractivity contribution in [2.75, 3.05) is 11.6 Å². The molecule has 1 aliphatic rings. The van der Waals surface area contributed by atoms with E-state index in [0.717, 1.165) is 22.4 Å². The van der Waals surface area contributed by atoms with Crippen LogP contribution in [-0.2, 0) is 9.59 Å². The average Bonchev–Trinajstić information content (AvgIpc) is 2.92. The summed E-state index contributed by atoms with van der Waals surface area (Å²) in [5.41, 5.74) is 6.24. The number of nitrogens with zero attached hydrogens (tertiary/aromatic N) is 1. The Kier molecular flexibility index (Phi) is 5.31. The van der Waals surface area contributed by atoms with Gasteiger partial charge in [0.05, 0.1) is 12.3 Å². The van der Waals surface area contributed by atoms with E-state index in [2.05, 4.69) is 19.3 Å². The van der Waals surface area contributed by atoms with Crippen LogP contribution in [0, 0.1) is 6.92 Å². The Labute approximate surface area is 159 Å². The first kappa shape index (κ1) is 18.7. The van der Waals surface area contributed by atoms with E-state index in [1.54, 1.807) is 18.2 Å². The van der Waals surface area contributed by atoms with Crippen LogP contribution in [-0.4, -0.2) is 18.4 Å². The van der Waals surface area contributed by atoms with Crippen molar-refractivity contribution in [3.05, 3.63) is 64.7 Å². The molecule has 2 amide bonds. The van der Waals surface area contributed by atoms with E-state index in [0.29, 0.717) is 12.3 Å². The topological polar surface area (TPSA) is 58.6 Å². The number of benzene rings is 2. The summed E-state index contributed by atoms with van der Waals surface area (Å²) in [5, 5.41) is 1.28. The number of aryl methyl sites for hydroxylation is 1. The molecule has 2 aromatic rings. The molecule has 2 aromatic carbocycles. The lowest BCUT2D eigenvalue weighted by molar-refractivity contribution is -0.117. The van der Waals surface area contributed by atoms with E-state index in [4.69, 9.17) is 4.74 Å². The molecular formula is C22H24N2O3. The van der Waals surface area contributed by atoms with E-state index in [1.165, 1.54) is 5.01 Å². The Balaban J connectivity index is 2.00. The minimum absolute atomic E-state index is 0.126. The van der Waals surface area contributed by atoms with Gasteiger partial charge in [-0.2, -0.15) is 0 Å². The van der Waals surface area contributed by atoms with Crippen LogP contribution in [0.2, 0.25) is 0 Å². The highest BCUT2D eigenvalue weighted by Gasteiger charge is 2.34. The number of anilines is 1. The summed E-state index contributed by atoms with van der Waals surface area (Å²) in [4.78, 5) is 25.2. The Morgan fingerprint density at radius 3 is 2.48 bits per heavy atom. The molecule has 1 N–H and O–H groups in total. The molecule has 140 valence electrons. The quantitative estimate of drug-likeness (QED) is 0.645. The fraction of sp³-hybridized carbons (Fsp3) is 0.273. The molecule has 0 unspecified atom stereocenters. The lowest BCUT2D eigenvalue weighted by atomic mass is 9.95. The Bertz CT molecular complexity index is 901. The molecule has 0 aliphatic carbocycles. The molecule has 0 spiro atoms. The Morgan fingerprint density at radius 2 is 1.85 bits per heavy atom. The van der Waals surface area contributed by atoms with Gasteiger partial charge in [0.15, 0.2) is 0 Å². The fourth-order valence-electron chi connectivity index (χ4n) is 3.07. The minimum atomic E-state index is -0.400. The number of amides is 2. The number of hydrazine groups is 1. The third-order valence-corrected chi connectivity index (χ3v) is 4.53. The molecule has 0 aromatic heterocycles. The summed E-state index contributed by atoms with van der Waals surface area (Å²) in [5.74, 6) is 0.354. The van der Waals surface area contributed by atoms with Crippen LogP contribution >= 0.6 is 0 Å². The largest absolute Gasteiger partial charge is 0.494 e. The maximum Gasteiger partial charge on any atom is 0.282 e. The molecule has 1 saturated heterocycles. The molecule has 1 fully saturated rings. The summed E-state index contributed by atoms with van der Waals surface area (Å²) < 4.78 is 5.75. The number of para-hydroxylation sites is 1. The molecule has 0 saturated carbocycles. The second-order valence-electron chi connectivity index (χ2n) is 6.81.